The van der Waals surface area contributed by atoms with Crippen molar-refractivity contribution in [1.82, 2.24) is 9.47 Å². The van der Waals surface area contributed by atoms with Crippen molar-refractivity contribution >= 4 is 10.9 Å². The van der Waals surface area contributed by atoms with E-state index in [-0.39, 0.29) is 0 Å². The zero-order chi connectivity index (χ0) is 18.3. The predicted octanol–water partition coefficient (Wildman–Crippen LogP) is 4.93. The van der Waals surface area contributed by atoms with Gasteiger partial charge in [0.05, 0.1) is 5.52 Å². The molecule has 0 radical (unpaired) electrons. The van der Waals surface area contributed by atoms with E-state index in [1.54, 1.807) is 0 Å². The zero-order valence-corrected chi connectivity index (χ0v) is 15.3. The van der Waals surface area contributed by atoms with Gasteiger partial charge in [-0.1, -0.05) is 37.3 Å². The van der Waals surface area contributed by atoms with Gasteiger partial charge in [-0.15, -0.1) is 0 Å². The van der Waals surface area contributed by atoms with E-state index in [4.69, 9.17) is 0 Å². The lowest BCUT2D eigenvalue weighted by atomic mass is 9.99. The molecule has 4 rings (SSSR count). The summed E-state index contributed by atoms with van der Waals surface area (Å²) in [5.74, 6) is -0.960. The Balaban J connectivity index is 1.82. The standard InChI is InChI=1S/C22H24F2N2/c1-3-25-14-19-18-12-17(23)13-20(24)22(18)26(21(19)11-15(25)2)10-9-16-7-5-4-6-8-16/h4-8,12-13,15H,3,9-11,14H2,1-2H3. The van der Waals surface area contributed by atoms with Gasteiger partial charge in [-0.2, -0.15) is 0 Å². The Kier molecular flexibility index (Phi) is 4.53. The smallest absolute Gasteiger partial charge is 0.150 e. The summed E-state index contributed by atoms with van der Waals surface area (Å²) in [6.45, 7) is 6.75. The predicted molar refractivity (Wildman–Crippen MR) is 101 cm³/mol. The van der Waals surface area contributed by atoms with Crippen molar-refractivity contribution in [2.24, 2.45) is 0 Å². The van der Waals surface area contributed by atoms with Gasteiger partial charge in [-0.3, -0.25) is 4.90 Å². The van der Waals surface area contributed by atoms with Crippen molar-refractivity contribution < 1.29 is 8.78 Å². The SMILES string of the molecule is CCN1Cc2c(n(CCc3ccccc3)c3c(F)cc(F)cc23)CC1C. The molecule has 1 aliphatic rings. The molecule has 0 aliphatic carbocycles. The minimum absolute atomic E-state index is 0.403. The molecule has 1 aromatic heterocycles. The molecule has 1 unspecified atom stereocenters. The number of hydrogen-bond acceptors (Lipinski definition) is 1. The average molecular weight is 354 g/mol. The van der Waals surface area contributed by atoms with Crippen molar-refractivity contribution in [3.05, 3.63) is 70.9 Å². The van der Waals surface area contributed by atoms with Crippen LogP contribution in [0, 0.1) is 11.6 Å². The van der Waals surface area contributed by atoms with Crippen LogP contribution in [0.2, 0.25) is 0 Å². The highest BCUT2D eigenvalue weighted by atomic mass is 19.1. The summed E-state index contributed by atoms with van der Waals surface area (Å²) in [6, 6.07) is 13.1. The van der Waals surface area contributed by atoms with Crippen LogP contribution in [0.4, 0.5) is 8.78 Å². The second kappa shape index (κ2) is 6.84. The largest absolute Gasteiger partial charge is 0.341 e. The maximum atomic E-state index is 14.7. The van der Waals surface area contributed by atoms with Crippen LogP contribution in [0.3, 0.4) is 0 Å². The third kappa shape index (κ3) is 2.92. The quantitative estimate of drug-likeness (QED) is 0.645. The lowest BCUT2D eigenvalue weighted by Crippen LogP contribution is -2.38. The summed E-state index contributed by atoms with van der Waals surface area (Å²) in [5, 5.41) is 0.732. The van der Waals surface area contributed by atoms with E-state index in [0.29, 0.717) is 18.1 Å². The molecule has 3 aromatic rings. The highest BCUT2D eigenvalue weighted by Crippen LogP contribution is 2.35. The van der Waals surface area contributed by atoms with Gasteiger partial charge >= 0.3 is 0 Å². The summed E-state index contributed by atoms with van der Waals surface area (Å²) >= 11 is 0. The van der Waals surface area contributed by atoms with Crippen molar-refractivity contribution in [1.29, 1.82) is 0 Å². The number of fused-ring (bicyclic) bond motifs is 3. The topological polar surface area (TPSA) is 8.17 Å². The fourth-order valence-corrected chi connectivity index (χ4v) is 4.26. The van der Waals surface area contributed by atoms with Crippen molar-refractivity contribution in [2.45, 2.75) is 45.8 Å². The van der Waals surface area contributed by atoms with E-state index >= 15 is 0 Å². The first-order valence-corrected chi connectivity index (χ1v) is 9.35. The summed E-state index contributed by atoms with van der Waals surface area (Å²) in [7, 11) is 0. The third-order valence-electron chi connectivity index (χ3n) is 5.64. The van der Waals surface area contributed by atoms with Gasteiger partial charge in [-0.05, 0) is 37.1 Å². The Bertz CT molecular complexity index is 930. The number of nitrogens with zero attached hydrogens (tertiary/aromatic N) is 2. The summed E-state index contributed by atoms with van der Waals surface area (Å²) in [5.41, 5.74) is 4.03. The number of hydrogen-bond donors (Lipinski definition) is 0. The van der Waals surface area contributed by atoms with E-state index in [0.717, 1.165) is 48.6 Å². The van der Waals surface area contributed by atoms with Crippen LogP contribution in [-0.2, 0) is 25.9 Å². The van der Waals surface area contributed by atoms with Crippen LogP contribution in [-0.4, -0.2) is 22.1 Å². The van der Waals surface area contributed by atoms with Crippen LogP contribution in [0.5, 0.6) is 0 Å². The number of halogens is 2. The maximum Gasteiger partial charge on any atom is 0.150 e. The normalized spacial score (nSPS) is 17.6. The van der Waals surface area contributed by atoms with Crippen LogP contribution in [0.25, 0.3) is 10.9 Å². The Hall–Kier alpha value is -2.20. The number of likely N-dealkylation sites (N-methyl/N-ethyl adjacent to an activating group) is 1. The van der Waals surface area contributed by atoms with Crippen molar-refractivity contribution in [3.63, 3.8) is 0 Å². The van der Waals surface area contributed by atoms with Crippen molar-refractivity contribution in [3.8, 4) is 0 Å². The van der Waals surface area contributed by atoms with Crippen molar-refractivity contribution in [2.75, 3.05) is 6.54 Å². The van der Waals surface area contributed by atoms with Crippen LogP contribution in [0.15, 0.2) is 42.5 Å². The highest BCUT2D eigenvalue weighted by molar-refractivity contribution is 5.86. The summed E-state index contributed by atoms with van der Waals surface area (Å²) < 4.78 is 30.7. The van der Waals surface area contributed by atoms with E-state index in [9.17, 15) is 8.78 Å². The molecule has 0 saturated heterocycles. The molecule has 26 heavy (non-hydrogen) atoms. The van der Waals surface area contributed by atoms with Gasteiger partial charge in [0.25, 0.3) is 0 Å². The minimum atomic E-state index is -0.500. The van der Waals surface area contributed by atoms with Crippen LogP contribution in [0.1, 0.15) is 30.7 Å². The van der Waals surface area contributed by atoms with Gasteiger partial charge in [0.1, 0.15) is 11.6 Å². The molecular formula is C22H24F2N2. The zero-order valence-electron chi connectivity index (χ0n) is 15.3. The Morgan fingerprint density at radius 3 is 2.62 bits per heavy atom. The molecule has 1 aliphatic heterocycles. The number of rotatable bonds is 4. The van der Waals surface area contributed by atoms with Crippen LogP contribution < -0.4 is 0 Å². The van der Waals surface area contributed by atoms with E-state index in [1.807, 2.05) is 18.2 Å². The van der Waals surface area contributed by atoms with Gasteiger partial charge in [0, 0.05) is 42.7 Å². The molecule has 136 valence electrons. The lowest BCUT2D eigenvalue weighted by molar-refractivity contribution is 0.192. The first-order chi connectivity index (χ1) is 12.6. The van der Waals surface area contributed by atoms with Gasteiger partial charge in [-0.25, -0.2) is 8.78 Å². The summed E-state index contributed by atoms with van der Waals surface area (Å²) in [4.78, 5) is 2.37. The van der Waals surface area contributed by atoms with Gasteiger partial charge < -0.3 is 4.57 Å². The third-order valence-corrected chi connectivity index (χ3v) is 5.64. The van der Waals surface area contributed by atoms with Gasteiger partial charge in [0.2, 0.25) is 0 Å². The molecule has 0 saturated carbocycles. The minimum Gasteiger partial charge on any atom is -0.341 e. The monoisotopic (exact) mass is 354 g/mol. The van der Waals surface area contributed by atoms with E-state index in [1.165, 1.54) is 11.6 Å². The molecule has 0 fully saturated rings. The second-order valence-electron chi connectivity index (χ2n) is 7.21. The molecule has 2 nitrogen and oxygen atoms in total. The first-order valence-electron chi connectivity index (χ1n) is 9.35. The molecule has 2 aromatic carbocycles. The van der Waals surface area contributed by atoms with E-state index < -0.39 is 11.6 Å². The molecule has 1 atom stereocenters. The molecular weight excluding hydrogens is 330 g/mol. The molecule has 0 bridgehead atoms. The van der Waals surface area contributed by atoms with Crippen LogP contribution >= 0.6 is 0 Å². The molecule has 2 heterocycles. The molecule has 0 spiro atoms. The fourth-order valence-electron chi connectivity index (χ4n) is 4.26. The average Bonchev–Trinajstić information content (AvgIpc) is 2.93. The summed E-state index contributed by atoms with van der Waals surface area (Å²) in [6.07, 6.45) is 1.70. The second-order valence-corrected chi connectivity index (χ2v) is 7.21. The fraction of sp³-hybridized carbons (Fsp3) is 0.364. The Labute approximate surface area is 153 Å². The first kappa shape index (κ1) is 17.2. The number of aryl methyl sites for hydroxylation is 2. The maximum absolute atomic E-state index is 14.7. The lowest BCUT2D eigenvalue weighted by Gasteiger charge is -2.33. The number of benzene rings is 2. The van der Waals surface area contributed by atoms with Gasteiger partial charge in [0.15, 0.2) is 0 Å². The van der Waals surface area contributed by atoms with E-state index in [2.05, 4.69) is 35.4 Å². The number of aromatic nitrogens is 1. The molecule has 0 amide bonds. The Morgan fingerprint density at radius 1 is 1.12 bits per heavy atom. The Morgan fingerprint density at radius 2 is 1.88 bits per heavy atom. The molecule has 0 N–H and O–H groups in total. The molecule has 4 heteroatoms. The highest BCUT2D eigenvalue weighted by Gasteiger charge is 2.29.